The molecule has 0 unspecified atom stereocenters. The molecule has 0 radical (unpaired) electrons. The van der Waals surface area contributed by atoms with Gasteiger partial charge in [-0.25, -0.2) is 4.98 Å². The summed E-state index contributed by atoms with van der Waals surface area (Å²) in [5.41, 5.74) is 1.17. The first-order valence-corrected chi connectivity index (χ1v) is 4.54. The molecule has 1 heterocycles. The number of nitrogens with one attached hydrogen (secondary N) is 1. The Morgan fingerprint density at radius 1 is 1.62 bits per heavy atom. The van der Waals surface area contributed by atoms with Gasteiger partial charge in [0.15, 0.2) is 0 Å². The van der Waals surface area contributed by atoms with Crippen molar-refractivity contribution < 1.29 is 0 Å². The van der Waals surface area contributed by atoms with E-state index in [9.17, 15) is 0 Å². The van der Waals surface area contributed by atoms with Crippen LogP contribution in [0, 0.1) is 0 Å². The summed E-state index contributed by atoms with van der Waals surface area (Å²) >= 11 is 0. The Bertz CT molecular complexity index is 249. The molecule has 1 N–H and O–H groups in total. The lowest BCUT2D eigenvalue weighted by Crippen LogP contribution is -2.25. The van der Waals surface area contributed by atoms with Crippen LogP contribution in [0.3, 0.4) is 0 Å². The fourth-order valence-electron chi connectivity index (χ4n) is 1.04. The van der Waals surface area contributed by atoms with Gasteiger partial charge in [-0.15, -0.1) is 0 Å². The zero-order valence-electron chi connectivity index (χ0n) is 8.33. The highest BCUT2D eigenvalue weighted by molar-refractivity contribution is 4.98. The number of aromatic nitrogens is 2. The normalized spacial score (nSPS) is 10.7. The molecule has 72 valence electrons. The summed E-state index contributed by atoms with van der Waals surface area (Å²) in [6.07, 6.45) is 5.53. The third-order valence-electron chi connectivity index (χ3n) is 1.73. The van der Waals surface area contributed by atoms with E-state index in [2.05, 4.69) is 30.7 Å². The molecule has 3 nitrogen and oxygen atoms in total. The lowest BCUT2D eigenvalue weighted by Gasteiger charge is -2.10. The number of nitrogens with zero attached hydrogens (tertiary/aromatic N) is 2. The van der Waals surface area contributed by atoms with Crippen molar-refractivity contribution in [2.75, 3.05) is 6.54 Å². The molecule has 1 rings (SSSR count). The van der Waals surface area contributed by atoms with Gasteiger partial charge in [0.1, 0.15) is 0 Å². The van der Waals surface area contributed by atoms with Crippen LogP contribution in [0.1, 0.15) is 13.8 Å². The predicted molar refractivity (Wildman–Crippen MR) is 54.5 cm³/mol. The van der Waals surface area contributed by atoms with Gasteiger partial charge in [0.2, 0.25) is 0 Å². The van der Waals surface area contributed by atoms with Crippen LogP contribution in [0.2, 0.25) is 0 Å². The summed E-state index contributed by atoms with van der Waals surface area (Å²) < 4.78 is 2.02. The fourth-order valence-corrected chi connectivity index (χ4v) is 1.04. The third-order valence-corrected chi connectivity index (χ3v) is 1.73. The SMILES string of the molecule is C=C(CNC(C)C)Cn1ccnc1. The monoisotopic (exact) mass is 179 g/mol. The van der Waals surface area contributed by atoms with Crippen molar-refractivity contribution in [2.45, 2.75) is 26.4 Å². The minimum absolute atomic E-state index is 0.513. The molecule has 1 aromatic rings. The summed E-state index contributed by atoms with van der Waals surface area (Å²) in [5, 5.41) is 3.32. The molecule has 13 heavy (non-hydrogen) atoms. The van der Waals surface area contributed by atoms with Gasteiger partial charge in [-0.2, -0.15) is 0 Å². The van der Waals surface area contributed by atoms with Gasteiger partial charge in [-0.3, -0.25) is 0 Å². The largest absolute Gasteiger partial charge is 0.333 e. The van der Waals surface area contributed by atoms with E-state index in [0.29, 0.717) is 6.04 Å². The van der Waals surface area contributed by atoms with Crippen molar-refractivity contribution >= 4 is 0 Å². The fraction of sp³-hybridized carbons (Fsp3) is 0.500. The average Bonchev–Trinajstić information content (AvgIpc) is 2.53. The Morgan fingerprint density at radius 3 is 2.92 bits per heavy atom. The van der Waals surface area contributed by atoms with Gasteiger partial charge in [0.25, 0.3) is 0 Å². The second kappa shape index (κ2) is 4.82. The van der Waals surface area contributed by atoms with Gasteiger partial charge in [-0.05, 0) is 5.57 Å². The molecule has 0 saturated carbocycles. The first-order valence-electron chi connectivity index (χ1n) is 4.54. The lowest BCUT2D eigenvalue weighted by molar-refractivity contribution is 0.603. The van der Waals surface area contributed by atoms with Gasteiger partial charge >= 0.3 is 0 Å². The molecular weight excluding hydrogens is 162 g/mol. The zero-order chi connectivity index (χ0) is 9.68. The van der Waals surface area contributed by atoms with Crippen molar-refractivity contribution in [3.63, 3.8) is 0 Å². The van der Waals surface area contributed by atoms with Gasteiger partial charge in [0, 0.05) is 31.5 Å². The first kappa shape index (κ1) is 9.99. The van der Waals surface area contributed by atoms with Crippen molar-refractivity contribution in [2.24, 2.45) is 0 Å². The molecule has 0 aliphatic carbocycles. The summed E-state index contributed by atoms with van der Waals surface area (Å²) in [7, 11) is 0. The summed E-state index contributed by atoms with van der Waals surface area (Å²) in [6.45, 7) is 9.97. The Labute approximate surface area is 79.5 Å². The van der Waals surface area contributed by atoms with E-state index >= 15 is 0 Å². The van der Waals surface area contributed by atoms with E-state index in [1.54, 1.807) is 12.5 Å². The molecule has 0 amide bonds. The molecule has 0 fully saturated rings. The number of rotatable bonds is 5. The van der Waals surface area contributed by atoms with Crippen molar-refractivity contribution in [3.05, 3.63) is 30.9 Å². The first-order chi connectivity index (χ1) is 6.18. The van der Waals surface area contributed by atoms with Crippen molar-refractivity contribution in [3.8, 4) is 0 Å². The highest BCUT2D eigenvalue weighted by atomic mass is 15.0. The van der Waals surface area contributed by atoms with Crippen molar-refractivity contribution in [1.82, 2.24) is 14.9 Å². The molecular formula is C10H17N3. The number of imidazole rings is 1. The van der Waals surface area contributed by atoms with Crippen LogP contribution in [0.4, 0.5) is 0 Å². The van der Waals surface area contributed by atoms with E-state index in [0.717, 1.165) is 13.1 Å². The number of hydrogen-bond acceptors (Lipinski definition) is 2. The minimum Gasteiger partial charge on any atom is -0.333 e. The average molecular weight is 179 g/mol. The van der Waals surface area contributed by atoms with Gasteiger partial charge in [0.05, 0.1) is 6.33 Å². The molecule has 0 aliphatic rings. The molecule has 3 heteroatoms. The zero-order valence-corrected chi connectivity index (χ0v) is 8.33. The summed E-state index contributed by atoms with van der Waals surface area (Å²) in [6, 6.07) is 0.513. The van der Waals surface area contributed by atoms with E-state index in [-0.39, 0.29) is 0 Å². The van der Waals surface area contributed by atoms with Crippen LogP contribution in [0.5, 0.6) is 0 Å². The Morgan fingerprint density at radius 2 is 2.38 bits per heavy atom. The van der Waals surface area contributed by atoms with Gasteiger partial charge < -0.3 is 9.88 Å². The Kier molecular flexibility index (Phi) is 3.71. The van der Waals surface area contributed by atoms with Crippen molar-refractivity contribution in [1.29, 1.82) is 0 Å². The highest BCUT2D eigenvalue weighted by Crippen LogP contribution is 1.95. The molecule has 0 bridgehead atoms. The van der Waals surface area contributed by atoms with E-state index < -0.39 is 0 Å². The summed E-state index contributed by atoms with van der Waals surface area (Å²) in [5.74, 6) is 0. The van der Waals surface area contributed by atoms with Crippen LogP contribution in [0.15, 0.2) is 30.9 Å². The maximum Gasteiger partial charge on any atom is 0.0948 e. The Balaban J connectivity index is 2.26. The second-order valence-electron chi connectivity index (χ2n) is 3.52. The standard InChI is InChI=1S/C10H17N3/c1-9(2)12-6-10(3)7-13-5-4-11-8-13/h4-5,8-9,12H,3,6-7H2,1-2H3. The minimum atomic E-state index is 0.513. The van der Waals surface area contributed by atoms with Gasteiger partial charge in [-0.1, -0.05) is 20.4 Å². The molecule has 0 aliphatic heterocycles. The summed E-state index contributed by atoms with van der Waals surface area (Å²) in [4.78, 5) is 3.97. The molecule has 1 aromatic heterocycles. The topological polar surface area (TPSA) is 29.9 Å². The van der Waals surface area contributed by atoms with Crippen LogP contribution in [-0.4, -0.2) is 22.1 Å². The van der Waals surface area contributed by atoms with E-state index in [1.807, 2.05) is 10.8 Å². The van der Waals surface area contributed by atoms with Crippen LogP contribution < -0.4 is 5.32 Å². The molecule has 0 atom stereocenters. The lowest BCUT2D eigenvalue weighted by atomic mass is 10.3. The maximum atomic E-state index is 3.99. The molecule has 0 aromatic carbocycles. The quantitative estimate of drug-likeness (QED) is 0.693. The highest BCUT2D eigenvalue weighted by Gasteiger charge is 1.97. The smallest absolute Gasteiger partial charge is 0.0948 e. The Hall–Kier alpha value is -1.09. The second-order valence-corrected chi connectivity index (χ2v) is 3.52. The third kappa shape index (κ3) is 3.90. The predicted octanol–water partition coefficient (Wildman–Crippen LogP) is 1.44. The van der Waals surface area contributed by atoms with Crippen LogP contribution >= 0.6 is 0 Å². The maximum absolute atomic E-state index is 3.99. The van der Waals surface area contributed by atoms with Crippen LogP contribution in [-0.2, 0) is 6.54 Å². The molecule has 0 saturated heterocycles. The number of hydrogen-bond donors (Lipinski definition) is 1. The van der Waals surface area contributed by atoms with E-state index in [1.165, 1.54) is 5.57 Å². The van der Waals surface area contributed by atoms with Crippen LogP contribution in [0.25, 0.3) is 0 Å². The molecule has 0 spiro atoms. The van der Waals surface area contributed by atoms with E-state index in [4.69, 9.17) is 0 Å².